The van der Waals surface area contributed by atoms with E-state index in [1.54, 1.807) is 25.1 Å². The van der Waals surface area contributed by atoms with Crippen molar-refractivity contribution in [3.05, 3.63) is 70.8 Å². The van der Waals surface area contributed by atoms with Crippen LogP contribution in [0.1, 0.15) is 44.9 Å². The van der Waals surface area contributed by atoms with Crippen LogP contribution in [0.5, 0.6) is 0 Å². The molecule has 0 fully saturated rings. The summed E-state index contributed by atoms with van der Waals surface area (Å²) >= 11 is 0. The molecule has 3 rings (SSSR count). The number of hydrogen-bond donors (Lipinski definition) is 0. The molecule has 2 aromatic rings. The number of carbonyl (C=O) groups excluding carboxylic acids is 2. The van der Waals surface area contributed by atoms with E-state index in [0.717, 1.165) is 11.1 Å². The Morgan fingerprint density at radius 3 is 2.68 bits per heavy atom. The second-order valence-electron chi connectivity index (χ2n) is 5.06. The molecule has 0 aliphatic carbocycles. The Bertz CT molecular complexity index is 721. The molecule has 0 N–H and O–H groups in total. The van der Waals surface area contributed by atoms with Crippen molar-refractivity contribution in [1.29, 1.82) is 0 Å². The zero-order valence-corrected chi connectivity index (χ0v) is 12.2. The van der Waals surface area contributed by atoms with E-state index in [-0.39, 0.29) is 18.0 Å². The zero-order chi connectivity index (χ0) is 15.5. The summed E-state index contributed by atoms with van der Waals surface area (Å²) in [6.45, 7) is 2.10. The first-order valence-electron chi connectivity index (χ1n) is 7.25. The van der Waals surface area contributed by atoms with E-state index < -0.39 is 0 Å². The molecule has 0 spiro atoms. The molecule has 1 aliphatic rings. The smallest absolute Gasteiger partial charge is 0.339 e. The first-order valence-corrected chi connectivity index (χ1v) is 7.25. The Hall–Kier alpha value is -2.62. The summed E-state index contributed by atoms with van der Waals surface area (Å²) in [5, 5.41) is 0. The fourth-order valence-corrected chi connectivity index (χ4v) is 2.68. The second kappa shape index (κ2) is 6.02. The molecule has 1 atom stereocenters. The second-order valence-corrected chi connectivity index (χ2v) is 5.06. The van der Waals surface area contributed by atoms with Gasteiger partial charge in [-0.2, -0.15) is 0 Å². The van der Waals surface area contributed by atoms with Gasteiger partial charge in [-0.15, -0.1) is 0 Å². The Morgan fingerprint density at radius 2 is 1.86 bits per heavy atom. The Labute approximate surface area is 128 Å². The highest BCUT2D eigenvalue weighted by atomic mass is 16.5. The van der Waals surface area contributed by atoms with Crippen molar-refractivity contribution >= 4 is 11.9 Å². The summed E-state index contributed by atoms with van der Waals surface area (Å²) in [7, 11) is 0. The minimum atomic E-state index is -0.362. The van der Waals surface area contributed by atoms with E-state index in [1.807, 2.05) is 30.3 Å². The van der Waals surface area contributed by atoms with Crippen LogP contribution in [0.4, 0.5) is 0 Å². The molecule has 4 nitrogen and oxygen atoms in total. The van der Waals surface area contributed by atoms with Gasteiger partial charge in [-0.05, 0) is 24.6 Å². The summed E-state index contributed by atoms with van der Waals surface area (Å²) in [4.78, 5) is 23.9. The van der Waals surface area contributed by atoms with Gasteiger partial charge in [0.25, 0.3) is 0 Å². The van der Waals surface area contributed by atoms with Crippen LogP contribution < -0.4 is 0 Å². The number of esters is 2. The SMILES string of the molecule is CCOC(=O)c1ccccc1C[C@H]1OC(=O)c2ccccc21. The van der Waals surface area contributed by atoms with Crippen LogP contribution in [0.2, 0.25) is 0 Å². The highest BCUT2D eigenvalue weighted by molar-refractivity contribution is 5.94. The van der Waals surface area contributed by atoms with Gasteiger partial charge in [-0.1, -0.05) is 36.4 Å². The standard InChI is InChI=1S/C18H16O4/c1-2-21-17(19)13-8-4-3-7-12(13)11-16-14-9-5-6-10-15(14)18(20)22-16/h3-10,16H,2,11H2,1H3/t16-/m1/s1. The monoisotopic (exact) mass is 296 g/mol. The van der Waals surface area contributed by atoms with Gasteiger partial charge < -0.3 is 9.47 Å². The maximum Gasteiger partial charge on any atom is 0.339 e. The van der Waals surface area contributed by atoms with Gasteiger partial charge in [-0.25, -0.2) is 9.59 Å². The van der Waals surface area contributed by atoms with E-state index >= 15 is 0 Å². The lowest BCUT2D eigenvalue weighted by Gasteiger charge is -2.13. The molecule has 0 radical (unpaired) electrons. The predicted molar refractivity (Wildman–Crippen MR) is 80.7 cm³/mol. The van der Waals surface area contributed by atoms with Crippen LogP contribution in [0.15, 0.2) is 48.5 Å². The molecule has 0 saturated carbocycles. The largest absolute Gasteiger partial charge is 0.462 e. The summed E-state index contributed by atoms with van der Waals surface area (Å²) in [5.74, 6) is -0.662. The maximum atomic E-state index is 12.0. The van der Waals surface area contributed by atoms with Crippen molar-refractivity contribution < 1.29 is 19.1 Å². The highest BCUT2D eigenvalue weighted by Gasteiger charge is 2.31. The molecule has 0 aromatic heterocycles. The van der Waals surface area contributed by atoms with Crippen molar-refractivity contribution in [2.24, 2.45) is 0 Å². The van der Waals surface area contributed by atoms with Gasteiger partial charge in [0.1, 0.15) is 6.10 Å². The summed E-state index contributed by atoms with van der Waals surface area (Å²) in [5.41, 5.74) is 2.80. The number of carbonyl (C=O) groups is 2. The topological polar surface area (TPSA) is 52.6 Å². The molecule has 0 unspecified atom stereocenters. The van der Waals surface area contributed by atoms with Crippen molar-refractivity contribution in [2.45, 2.75) is 19.4 Å². The van der Waals surface area contributed by atoms with Crippen LogP contribution in [0.25, 0.3) is 0 Å². The van der Waals surface area contributed by atoms with Crippen molar-refractivity contribution in [2.75, 3.05) is 6.61 Å². The maximum absolute atomic E-state index is 12.0. The van der Waals surface area contributed by atoms with Gasteiger partial charge in [0.05, 0.1) is 17.7 Å². The first kappa shape index (κ1) is 14.3. The lowest BCUT2D eigenvalue weighted by atomic mass is 9.96. The van der Waals surface area contributed by atoms with E-state index in [4.69, 9.17) is 9.47 Å². The average Bonchev–Trinajstić information content (AvgIpc) is 2.85. The summed E-state index contributed by atoms with van der Waals surface area (Å²) in [6.07, 6.45) is 0.0943. The molecule has 4 heteroatoms. The minimum absolute atomic E-state index is 0.311. The molecule has 1 aliphatic heterocycles. The Balaban J connectivity index is 1.89. The molecule has 2 aromatic carbocycles. The fraction of sp³-hybridized carbons (Fsp3) is 0.222. The molecular weight excluding hydrogens is 280 g/mol. The number of rotatable bonds is 4. The number of benzene rings is 2. The van der Waals surface area contributed by atoms with Gasteiger partial charge in [0.15, 0.2) is 0 Å². The highest BCUT2D eigenvalue weighted by Crippen LogP contribution is 2.33. The fourth-order valence-electron chi connectivity index (χ4n) is 2.68. The number of cyclic esters (lactones) is 1. The van der Waals surface area contributed by atoms with Gasteiger partial charge in [0, 0.05) is 12.0 Å². The third kappa shape index (κ3) is 2.60. The molecule has 22 heavy (non-hydrogen) atoms. The lowest BCUT2D eigenvalue weighted by Crippen LogP contribution is -2.11. The number of ether oxygens (including phenoxy) is 2. The van der Waals surface area contributed by atoms with Crippen molar-refractivity contribution in [1.82, 2.24) is 0 Å². The molecule has 1 heterocycles. The van der Waals surface area contributed by atoms with Crippen LogP contribution >= 0.6 is 0 Å². The lowest BCUT2D eigenvalue weighted by molar-refractivity contribution is 0.0386. The Morgan fingerprint density at radius 1 is 1.14 bits per heavy atom. The van der Waals surface area contributed by atoms with E-state index in [0.29, 0.717) is 24.2 Å². The third-order valence-corrected chi connectivity index (χ3v) is 3.69. The summed E-state index contributed by atoms with van der Waals surface area (Å²) < 4.78 is 10.5. The van der Waals surface area contributed by atoms with Crippen LogP contribution in [-0.2, 0) is 15.9 Å². The average molecular weight is 296 g/mol. The normalized spacial score (nSPS) is 16.0. The van der Waals surface area contributed by atoms with E-state index in [1.165, 1.54) is 0 Å². The molecule has 0 bridgehead atoms. The minimum Gasteiger partial charge on any atom is -0.462 e. The predicted octanol–water partition coefficient (Wildman–Crippen LogP) is 3.32. The Kier molecular flexibility index (Phi) is 3.92. The van der Waals surface area contributed by atoms with Crippen molar-refractivity contribution in [3.8, 4) is 0 Å². The van der Waals surface area contributed by atoms with Gasteiger partial charge in [-0.3, -0.25) is 0 Å². The zero-order valence-electron chi connectivity index (χ0n) is 12.2. The van der Waals surface area contributed by atoms with E-state index in [2.05, 4.69) is 0 Å². The van der Waals surface area contributed by atoms with Crippen molar-refractivity contribution in [3.63, 3.8) is 0 Å². The van der Waals surface area contributed by atoms with E-state index in [9.17, 15) is 9.59 Å². The first-order chi connectivity index (χ1) is 10.7. The molecule has 0 saturated heterocycles. The van der Waals surface area contributed by atoms with Crippen LogP contribution in [0.3, 0.4) is 0 Å². The number of hydrogen-bond acceptors (Lipinski definition) is 4. The van der Waals surface area contributed by atoms with Crippen LogP contribution in [-0.4, -0.2) is 18.5 Å². The van der Waals surface area contributed by atoms with Crippen LogP contribution in [0, 0.1) is 0 Å². The third-order valence-electron chi connectivity index (χ3n) is 3.69. The quantitative estimate of drug-likeness (QED) is 0.812. The molecule has 0 amide bonds. The molecular formula is C18H16O4. The van der Waals surface area contributed by atoms with Gasteiger partial charge >= 0.3 is 11.9 Å². The molecule has 112 valence electrons. The summed E-state index contributed by atoms with van der Waals surface area (Å²) in [6, 6.07) is 14.6. The van der Waals surface area contributed by atoms with Gasteiger partial charge in [0.2, 0.25) is 0 Å². The number of fused-ring (bicyclic) bond motifs is 1.